The zero-order valence-electron chi connectivity index (χ0n) is 14.9. The minimum atomic E-state index is -0.443. The van der Waals surface area contributed by atoms with E-state index in [2.05, 4.69) is 10.1 Å². The molecule has 0 radical (unpaired) electrons. The topological polar surface area (TPSA) is 59.2 Å². The Morgan fingerprint density at radius 2 is 2.04 bits per heavy atom. The lowest BCUT2D eigenvalue weighted by atomic mass is 10.1. The maximum Gasteiger partial charge on any atom is 0.232 e. The highest BCUT2D eigenvalue weighted by Crippen LogP contribution is 2.35. The van der Waals surface area contributed by atoms with Crippen LogP contribution in [-0.4, -0.2) is 22.6 Å². The average molecular weight is 386 g/mol. The van der Waals surface area contributed by atoms with Gasteiger partial charge in [0.1, 0.15) is 5.82 Å². The first-order chi connectivity index (χ1) is 12.9. The van der Waals surface area contributed by atoms with Crippen LogP contribution >= 0.6 is 11.6 Å². The lowest BCUT2D eigenvalue weighted by Gasteiger charge is -2.17. The number of carbonyl (C=O) groups is 1. The van der Waals surface area contributed by atoms with Gasteiger partial charge < -0.3 is 9.42 Å². The quantitative estimate of drug-likeness (QED) is 0.657. The molecule has 2 heterocycles. The minimum absolute atomic E-state index is 0.111. The summed E-state index contributed by atoms with van der Waals surface area (Å²) in [4.78, 5) is 18.5. The van der Waals surface area contributed by atoms with E-state index in [1.165, 1.54) is 23.1 Å². The Hall–Kier alpha value is -2.73. The van der Waals surface area contributed by atoms with Gasteiger partial charge in [0, 0.05) is 18.5 Å². The van der Waals surface area contributed by atoms with Crippen LogP contribution in [0.1, 0.15) is 29.4 Å². The van der Waals surface area contributed by atoms with Gasteiger partial charge in [0.2, 0.25) is 17.6 Å². The molecule has 1 amide bonds. The largest absolute Gasteiger partial charge is 0.339 e. The third-order valence-electron chi connectivity index (χ3n) is 4.75. The van der Waals surface area contributed by atoms with Gasteiger partial charge in [-0.3, -0.25) is 4.79 Å². The summed E-state index contributed by atoms with van der Waals surface area (Å²) < 4.78 is 18.7. The van der Waals surface area contributed by atoms with Crippen molar-refractivity contribution < 1.29 is 13.7 Å². The predicted molar refractivity (Wildman–Crippen MR) is 100 cm³/mol. The molecule has 27 heavy (non-hydrogen) atoms. The van der Waals surface area contributed by atoms with Gasteiger partial charge in [-0.25, -0.2) is 4.39 Å². The first-order valence-electron chi connectivity index (χ1n) is 8.59. The molecule has 1 aliphatic heterocycles. The molecule has 1 aromatic heterocycles. The van der Waals surface area contributed by atoms with Crippen LogP contribution in [0.25, 0.3) is 11.4 Å². The fourth-order valence-corrected chi connectivity index (χ4v) is 3.56. The number of amides is 1. The van der Waals surface area contributed by atoms with E-state index in [1.54, 1.807) is 0 Å². The van der Waals surface area contributed by atoms with Crippen LogP contribution in [0.5, 0.6) is 0 Å². The molecule has 1 aliphatic rings. The third-order valence-corrected chi connectivity index (χ3v) is 5.05. The number of hydrogen-bond donors (Lipinski definition) is 0. The van der Waals surface area contributed by atoms with Crippen molar-refractivity contribution in [2.75, 3.05) is 11.4 Å². The Balaban J connectivity index is 1.60. The summed E-state index contributed by atoms with van der Waals surface area (Å²) in [5.74, 6) is 0.142. The van der Waals surface area contributed by atoms with Crippen molar-refractivity contribution in [3.05, 3.63) is 64.3 Å². The van der Waals surface area contributed by atoms with Gasteiger partial charge in [0.25, 0.3) is 0 Å². The average Bonchev–Trinajstić information content (AvgIpc) is 3.24. The SMILES string of the molecule is Cc1ccc(C)c(-c2noc(C3CC(=O)N(c4ccc(F)cc4Cl)C3)n2)c1. The number of hydrogen-bond acceptors (Lipinski definition) is 4. The van der Waals surface area contributed by atoms with E-state index in [-0.39, 0.29) is 23.3 Å². The number of halogens is 2. The van der Waals surface area contributed by atoms with Crippen molar-refractivity contribution in [1.29, 1.82) is 0 Å². The number of rotatable bonds is 3. The molecular weight excluding hydrogens is 369 g/mol. The molecule has 7 heteroatoms. The number of benzene rings is 2. The summed E-state index contributed by atoms with van der Waals surface area (Å²) in [7, 11) is 0. The van der Waals surface area contributed by atoms with Gasteiger partial charge in [0.05, 0.1) is 16.6 Å². The second-order valence-corrected chi connectivity index (χ2v) is 7.18. The molecule has 3 aromatic rings. The predicted octanol–water partition coefficient (Wildman–Crippen LogP) is 4.67. The second-order valence-electron chi connectivity index (χ2n) is 6.78. The van der Waals surface area contributed by atoms with Crippen LogP contribution in [0.4, 0.5) is 10.1 Å². The number of anilines is 1. The van der Waals surface area contributed by atoms with Crippen LogP contribution in [0.2, 0.25) is 5.02 Å². The summed E-state index contributed by atoms with van der Waals surface area (Å²) in [6.45, 7) is 4.35. The first-order valence-corrected chi connectivity index (χ1v) is 8.97. The summed E-state index contributed by atoms with van der Waals surface area (Å²) in [5, 5.41) is 4.29. The van der Waals surface area contributed by atoms with Gasteiger partial charge >= 0.3 is 0 Å². The standard InChI is InChI=1S/C20H17ClFN3O2/c1-11-3-4-12(2)15(7-11)19-23-20(27-24-19)13-8-18(26)25(10-13)17-6-5-14(22)9-16(17)21/h3-7,9,13H,8,10H2,1-2H3. The van der Waals surface area contributed by atoms with E-state index in [0.717, 1.165) is 16.7 Å². The maximum atomic E-state index is 13.3. The van der Waals surface area contributed by atoms with E-state index in [1.807, 2.05) is 32.0 Å². The first kappa shape index (κ1) is 17.7. The van der Waals surface area contributed by atoms with Crippen molar-refractivity contribution in [2.24, 2.45) is 0 Å². The van der Waals surface area contributed by atoms with Crippen LogP contribution in [-0.2, 0) is 4.79 Å². The molecule has 0 spiro atoms. The molecule has 1 unspecified atom stereocenters. The van der Waals surface area contributed by atoms with Crippen molar-refractivity contribution in [3.8, 4) is 11.4 Å². The Kier molecular flexibility index (Phi) is 4.44. The number of carbonyl (C=O) groups excluding carboxylic acids is 1. The molecule has 0 N–H and O–H groups in total. The highest BCUT2D eigenvalue weighted by atomic mass is 35.5. The second kappa shape index (κ2) is 6.78. The molecule has 0 aliphatic carbocycles. The lowest BCUT2D eigenvalue weighted by Crippen LogP contribution is -2.24. The summed E-state index contributed by atoms with van der Waals surface area (Å²) in [6, 6.07) is 10.0. The summed E-state index contributed by atoms with van der Waals surface area (Å²) in [6.07, 6.45) is 0.238. The Bertz CT molecular complexity index is 1030. The zero-order valence-corrected chi connectivity index (χ0v) is 15.6. The van der Waals surface area contributed by atoms with E-state index in [4.69, 9.17) is 16.1 Å². The molecular formula is C20H17ClFN3O2. The fourth-order valence-electron chi connectivity index (χ4n) is 3.29. The van der Waals surface area contributed by atoms with Gasteiger partial charge in [-0.1, -0.05) is 34.5 Å². The van der Waals surface area contributed by atoms with Crippen molar-refractivity contribution in [3.63, 3.8) is 0 Å². The summed E-state index contributed by atoms with van der Waals surface area (Å²) >= 11 is 6.10. The van der Waals surface area contributed by atoms with Crippen LogP contribution in [0.15, 0.2) is 40.9 Å². The van der Waals surface area contributed by atoms with E-state index in [0.29, 0.717) is 23.9 Å². The van der Waals surface area contributed by atoms with E-state index < -0.39 is 5.82 Å². The fraction of sp³-hybridized carbons (Fsp3) is 0.250. The number of aryl methyl sites for hydroxylation is 2. The van der Waals surface area contributed by atoms with Crippen molar-refractivity contribution >= 4 is 23.2 Å². The Morgan fingerprint density at radius 1 is 1.22 bits per heavy atom. The number of nitrogens with zero attached hydrogens (tertiary/aromatic N) is 3. The van der Waals surface area contributed by atoms with Gasteiger partial charge in [-0.2, -0.15) is 4.98 Å². The molecule has 1 saturated heterocycles. The van der Waals surface area contributed by atoms with Crippen LogP contribution < -0.4 is 4.90 Å². The molecule has 0 bridgehead atoms. The Morgan fingerprint density at radius 3 is 2.81 bits per heavy atom. The smallest absolute Gasteiger partial charge is 0.232 e. The molecule has 1 fully saturated rings. The zero-order chi connectivity index (χ0) is 19.1. The molecule has 4 rings (SSSR count). The van der Waals surface area contributed by atoms with E-state index >= 15 is 0 Å². The molecule has 138 valence electrons. The van der Waals surface area contributed by atoms with Crippen molar-refractivity contribution in [1.82, 2.24) is 10.1 Å². The number of aromatic nitrogens is 2. The lowest BCUT2D eigenvalue weighted by molar-refractivity contribution is -0.117. The monoisotopic (exact) mass is 385 g/mol. The van der Waals surface area contributed by atoms with Gasteiger partial charge in [-0.05, 0) is 43.7 Å². The molecule has 0 saturated carbocycles. The minimum Gasteiger partial charge on any atom is -0.339 e. The summed E-state index contributed by atoms with van der Waals surface area (Å²) in [5.41, 5.74) is 3.55. The highest BCUT2D eigenvalue weighted by Gasteiger charge is 2.36. The van der Waals surface area contributed by atoms with E-state index in [9.17, 15) is 9.18 Å². The van der Waals surface area contributed by atoms with Crippen LogP contribution in [0.3, 0.4) is 0 Å². The third kappa shape index (κ3) is 3.32. The maximum absolute atomic E-state index is 13.3. The van der Waals surface area contributed by atoms with Crippen molar-refractivity contribution in [2.45, 2.75) is 26.2 Å². The normalized spacial score (nSPS) is 17.0. The molecule has 5 nitrogen and oxygen atoms in total. The Labute approximate surface area is 160 Å². The van der Waals surface area contributed by atoms with Gasteiger partial charge in [0.15, 0.2) is 0 Å². The molecule has 2 aromatic carbocycles. The van der Waals surface area contributed by atoms with Crippen LogP contribution in [0, 0.1) is 19.7 Å². The van der Waals surface area contributed by atoms with Gasteiger partial charge in [-0.15, -0.1) is 0 Å². The molecule has 1 atom stereocenters. The highest BCUT2D eigenvalue weighted by molar-refractivity contribution is 6.33.